The van der Waals surface area contributed by atoms with Crippen LogP contribution in [0.4, 0.5) is 4.79 Å². The monoisotopic (exact) mass is 374 g/mol. The summed E-state index contributed by atoms with van der Waals surface area (Å²) in [5.74, 6) is -0.550. The highest BCUT2D eigenvalue weighted by Crippen LogP contribution is 2.29. The Balaban J connectivity index is 2.41. The van der Waals surface area contributed by atoms with Gasteiger partial charge in [0.15, 0.2) is 0 Å². The minimum atomic E-state index is -0.751. The maximum atomic E-state index is 12.5. The van der Waals surface area contributed by atoms with E-state index in [0.717, 1.165) is 0 Å². The molecule has 0 aromatic heterocycles. The number of allylic oxidation sites excluding steroid dienone is 1. The molecule has 8 nitrogen and oxygen atoms in total. The Kier molecular flexibility index (Phi) is 6.99. The highest BCUT2D eigenvalue weighted by atomic mass is 16.5. The highest BCUT2D eigenvalue weighted by molar-refractivity contribution is 5.95. The zero-order chi connectivity index (χ0) is 19.8. The van der Waals surface area contributed by atoms with Gasteiger partial charge in [0.05, 0.1) is 31.0 Å². The van der Waals surface area contributed by atoms with Gasteiger partial charge < -0.3 is 24.8 Å². The van der Waals surface area contributed by atoms with E-state index < -0.39 is 24.0 Å². The zero-order valence-electron chi connectivity index (χ0n) is 15.4. The normalized spacial score (nSPS) is 16.6. The molecule has 1 aromatic rings. The van der Waals surface area contributed by atoms with Gasteiger partial charge in [-0.25, -0.2) is 14.4 Å². The molecule has 1 heterocycles. The lowest BCUT2D eigenvalue weighted by Crippen LogP contribution is -2.47. The molecule has 1 aliphatic rings. The van der Waals surface area contributed by atoms with Crippen molar-refractivity contribution in [3.63, 3.8) is 0 Å². The first-order valence-electron chi connectivity index (χ1n) is 8.41. The summed E-state index contributed by atoms with van der Waals surface area (Å²) < 4.78 is 15.4. The molecule has 2 amide bonds. The third-order valence-electron chi connectivity index (χ3n) is 3.76. The summed E-state index contributed by atoms with van der Waals surface area (Å²) in [4.78, 5) is 36.2. The molecule has 0 saturated heterocycles. The van der Waals surface area contributed by atoms with E-state index in [0.29, 0.717) is 11.3 Å². The van der Waals surface area contributed by atoms with Crippen molar-refractivity contribution in [1.29, 1.82) is 0 Å². The van der Waals surface area contributed by atoms with Crippen LogP contribution in [0.1, 0.15) is 25.5 Å². The lowest BCUT2D eigenvalue weighted by molar-refractivity contribution is -0.140. The second-order valence-electron chi connectivity index (χ2n) is 5.53. The Labute approximate surface area is 157 Å². The molecule has 1 aromatic carbocycles. The smallest absolute Gasteiger partial charge is 0.338 e. The maximum absolute atomic E-state index is 12.5. The van der Waals surface area contributed by atoms with Crippen LogP contribution in [0.15, 0.2) is 47.7 Å². The first-order chi connectivity index (χ1) is 13.0. The Morgan fingerprint density at radius 3 is 2.48 bits per heavy atom. The van der Waals surface area contributed by atoms with Gasteiger partial charge in [-0.3, -0.25) is 0 Å². The summed E-state index contributed by atoms with van der Waals surface area (Å²) in [6.45, 7) is 3.26. The molecule has 1 aliphatic heterocycles. The van der Waals surface area contributed by atoms with Gasteiger partial charge >= 0.3 is 18.0 Å². The number of nitrogens with one attached hydrogen (secondary N) is 2. The van der Waals surface area contributed by atoms with Crippen LogP contribution in [-0.2, 0) is 19.1 Å². The lowest BCUT2D eigenvalue weighted by atomic mass is 9.95. The molecule has 0 fully saturated rings. The van der Waals surface area contributed by atoms with Gasteiger partial charge in [0.1, 0.15) is 12.4 Å². The minimum Gasteiger partial charge on any atom is -0.497 e. The molecule has 2 N–H and O–H groups in total. The summed E-state index contributed by atoms with van der Waals surface area (Å²) in [5.41, 5.74) is 1.01. The molecule has 0 aliphatic carbocycles. The number of hydrogen-bond donors (Lipinski definition) is 2. The van der Waals surface area contributed by atoms with E-state index in [1.54, 1.807) is 45.2 Å². The first-order valence-corrected chi connectivity index (χ1v) is 8.41. The third kappa shape index (κ3) is 5.10. The number of hydrogen-bond acceptors (Lipinski definition) is 6. The van der Waals surface area contributed by atoms with Crippen LogP contribution in [-0.4, -0.2) is 38.3 Å². The van der Waals surface area contributed by atoms with Gasteiger partial charge in [0.25, 0.3) is 0 Å². The quantitative estimate of drug-likeness (QED) is 0.559. The molecule has 0 spiro atoms. The van der Waals surface area contributed by atoms with E-state index >= 15 is 0 Å². The lowest BCUT2D eigenvalue weighted by Gasteiger charge is -2.29. The number of amides is 2. The van der Waals surface area contributed by atoms with Crippen molar-refractivity contribution < 1.29 is 28.6 Å². The first kappa shape index (κ1) is 20.0. The fraction of sp³-hybridized carbons (Fsp3) is 0.316. The average molecular weight is 374 g/mol. The summed E-state index contributed by atoms with van der Waals surface area (Å²) in [5, 5.41) is 5.23. The number of carbonyl (C=O) groups excluding carboxylic acids is 3. The van der Waals surface area contributed by atoms with Crippen LogP contribution in [0.3, 0.4) is 0 Å². The summed E-state index contributed by atoms with van der Waals surface area (Å²) in [6, 6.07) is 5.64. The van der Waals surface area contributed by atoms with E-state index in [2.05, 4.69) is 10.6 Å². The largest absolute Gasteiger partial charge is 0.497 e. The predicted octanol–water partition coefficient (Wildman–Crippen LogP) is 1.99. The summed E-state index contributed by atoms with van der Waals surface area (Å²) in [6.07, 6.45) is 2.78. The number of benzene rings is 1. The SMILES string of the molecule is CC=CC(=O)OCC1=C(C(=O)OCC)C(c2ccc(OC)cc2)NC(=O)N1. The van der Waals surface area contributed by atoms with Crippen LogP contribution in [0.25, 0.3) is 0 Å². The molecule has 0 radical (unpaired) electrons. The van der Waals surface area contributed by atoms with Crippen LogP contribution in [0.5, 0.6) is 5.75 Å². The molecule has 27 heavy (non-hydrogen) atoms. The molecule has 144 valence electrons. The van der Waals surface area contributed by atoms with Crippen LogP contribution in [0, 0.1) is 0 Å². The molecule has 8 heteroatoms. The van der Waals surface area contributed by atoms with E-state index in [9.17, 15) is 14.4 Å². The fourth-order valence-electron chi connectivity index (χ4n) is 2.56. The molecular weight excluding hydrogens is 352 g/mol. The second-order valence-corrected chi connectivity index (χ2v) is 5.53. The van der Waals surface area contributed by atoms with Gasteiger partial charge in [-0.1, -0.05) is 18.2 Å². The molecule has 2 rings (SSSR count). The van der Waals surface area contributed by atoms with Crippen molar-refractivity contribution in [2.75, 3.05) is 20.3 Å². The number of urea groups is 1. The van der Waals surface area contributed by atoms with Gasteiger partial charge in [-0.05, 0) is 31.5 Å². The maximum Gasteiger partial charge on any atom is 0.338 e. The predicted molar refractivity (Wildman–Crippen MR) is 96.8 cm³/mol. The number of ether oxygens (including phenoxy) is 3. The Morgan fingerprint density at radius 1 is 1.19 bits per heavy atom. The van der Waals surface area contributed by atoms with Crippen LogP contribution < -0.4 is 15.4 Å². The summed E-state index contributed by atoms with van der Waals surface area (Å²) >= 11 is 0. The van der Waals surface area contributed by atoms with Crippen molar-refractivity contribution in [2.24, 2.45) is 0 Å². The van der Waals surface area contributed by atoms with E-state index in [1.807, 2.05) is 0 Å². The number of carbonyl (C=O) groups is 3. The van der Waals surface area contributed by atoms with E-state index in [-0.39, 0.29) is 24.5 Å². The van der Waals surface area contributed by atoms with Gasteiger partial charge in [-0.2, -0.15) is 0 Å². The average Bonchev–Trinajstić information content (AvgIpc) is 2.66. The zero-order valence-corrected chi connectivity index (χ0v) is 15.4. The van der Waals surface area contributed by atoms with Gasteiger partial charge in [0.2, 0.25) is 0 Å². The second kappa shape index (κ2) is 9.42. The number of rotatable bonds is 7. The molecule has 0 bridgehead atoms. The number of methoxy groups -OCH3 is 1. The highest BCUT2D eigenvalue weighted by Gasteiger charge is 2.34. The minimum absolute atomic E-state index is 0.164. The molecular formula is C19H22N2O6. The Bertz CT molecular complexity index is 767. The molecule has 1 unspecified atom stereocenters. The van der Waals surface area contributed by atoms with Crippen molar-refractivity contribution in [1.82, 2.24) is 10.6 Å². The standard InChI is InChI=1S/C19H22N2O6/c1-4-6-15(22)27-11-14-16(18(23)26-5-2)17(21-19(24)20-14)12-7-9-13(25-3)10-8-12/h4,6-10,17H,5,11H2,1-3H3,(H2,20,21,24). The van der Waals surface area contributed by atoms with Crippen molar-refractivity contribution in [3.8, 4) is 5.75 Å². The Morgan fingerprint density at radius 2 is 1.89 bits per heavy atom. The summed E-state index contributed by atoms with van der Waals surface area (Å²) in [7, 11) is 1.54. The van der Waals surface area contributed by atoms with Crippen LogP contribution >= 0.6 is 0 Å². The van der Waals surface area contributed by atoms with E-state index in [1.165, 1.54) is 12.2 Å². The Hall–Kier alpha value is -3.29. The molecule has 1 atom stereocenters. The van der Waals surface area contributed by atoms with Crippen LogP contribution in [0.2, 0.25) is 0 Å². The van der Waals surface area contributed by atoms with Gasteiger partial charge in [-0.15, -0.1) is 0 Å². The third-order valence-corrected chi connectivity index (χ3v) is 3.76. The fourth-order valence-corrected chi connectivity index (χ4v) is 2.56. The van der Waals surface area contributed by atoms with Crippen molar-refractivity contribution in [2.45, 2.75) is 19.9 Å². The van der Waals surface area contributed by atoms with E-state index in [4.69, 9.17) is 14.2 Å². The molecule has 0 saturated carbocycles. The van der Waals surface area contributed by atoms with Gasteiger partial charge in [0, 0.05) is 6.08 Å². The van der Waals surface area contributed by atoms with Crippen molar-refractivity contribution >= 4 is 18.0 Å². The topological polar surface area (TPSA) is 103 Å². The number of esters is 2. The van der Waals surface area contributed by atoms with Crippen molar-refractivity contribution in [3.05, 3.63) is 53.3 Å².